The molecule has 0 unspecified atom stereocenters. The van der Waals surface area contributed by atoms with Gasteiger partial charge in [-0.2, -0.15) is 0 Å². The highest BCUT2D eigenvalue weighted by Crippen LogP contribution is 2.43. The number of halogens is 1. The zero-order valence-electron chi connectivity index (χ0n) is 14.7. The number of hydrogen-bond acceptors (Lipinski definition) is 2. The van der Waals surface area contributed by atoms with Gasteiger partial charge in [-0.1, -0.05) is 36.6 Å². The molecule has 0 radical (unpaired) electrons. The lowest BCUT2D eigenvalue weighted by molar-refractivity contribution is -0.138. The number of benzene rings is 1. The molecule has 1 aromatic carbocycles. The van der Waals surface area contributed by atoms with Gasteiger partial charge in [0, 0.05) is 18.1 Å². The summed E-state index contributed by atoms with van der Waals surface area (Å²) in [7, 11) is 2.01. The highest BCUT2D eigenvalue weighted by atomic mass is 35.5. The van der Waals surface area contributed by atoms with E-state index in [0.29, 0.717) is 5.91 Å². The molecular weight excluding hydrogens is 320 g/mol. The molecule has 0 bridgehead atoms. The van der Waals surface area contributed by atoms with Crippen molar-refractivity contribution in [3.05, 3.63) is 34.9 Å². The van der Waals surface area contributed by atoms with Crippen LogP contribution in [0.15, 0.2) is 24.3 Å². The maximum atomic E-state index is 13.4. The van der Waals surface area contributed by atoms with Gasteiger partial charge in [-0.05, 0) is 69.3 Å². The molecule has 1 aromatic rings. The van der Waals surface area contributed by atoms with Crippen molar-refractivity contribution >= 4 is 17.5 Å². The first-order valence-electron chi connectivity index (χ1n) is 9.36. The Labute approximate surface area is 150 Å². The summed E-state index contributed by atoms with van der Waals surface area (Å²) in [6.45, 7) is 2.90. The van der Waals surface area contributed by atoms with Gasteiger partial charge in [-0.15, -0.1) is 0 Å². The molecule has 24 heavy (non-hydrogen) atoms. The Morgan fingerprint density at radius 1 is 1.29 bits per heavy atom. The molecule has 132 valence electrons. The van der Waals surface area contributed by atoms with Crippen molar-refractivity contribution in [1.29, 1.82) is 0 Å². The van der Waals surface area contributed by atoms with Crippen LogP contribution in [0.5, 0.6) is 0 Å². The zero-order valence-corrected chi connectivity index (χ0v) is 15.4. The molecule has 1 heterocycles. The molecule has 2 fully saturated rings. The number of rotatable bonds is 5. The number of carbonyl (C=O) groups excluding carboxylic acids is 1. The number of piperidine rings is 1. The van der Waals surface area contributed by atoms with Crippen molar-refractivity contribution in [3.8, 4) is 0 Å². The lowest BCUT2D eigenvalue weighted by Crippen LogP contribution is -2.48. The molecule has 1 saturated carbocycles. The van der Waals surface area contributed by atoms with Gasteiger partial charge in [0.05, 0.1) is 5.41 Å². The lowest BCUT2D eigenvalue weighted by Gasteiger charge is -2.39. The van der Waals surface area contributed by atoms with E-state index in [1.807, 2.05) is 25.2 Å². The highest BCUT2D eigenvalue weighted by molar-refractivity contribution is 6.30. The monoisotopic (exact) mass is 348 g/mol. The van der Waals surface area contributed by atoms with Crippen molar-refractivity contribution < 1.29 is 4.79 Å². The molecule has 0 spiro atoms. The Bertz CT molecular complexity index is 561. The molecule has 4 heteroatoms. The molecule has 1 amide bonds. The predicted molar refractivity (Wildman–Crippen MR) is 99.4 cm³/mol. The topological polar surface area (TPSA) is 32.3 Å². The van der Waals surface area contributed by atoms with Crippen molar-refractivity contribution in [2.45, 2.75) is 50.4 Å². The molecule has 0 aromatic heterocycles. The minimum Gasteiger partial charge on any atom is -0.342 e. The van der Waals surface area contributed by atoms with E-state index in [0.717, 1.165) is 74.7 Å². The summed E-state index contributed by atoms with van der Waals surface area (Å²) in [6.07, 6.45) is 7.70. The quantitative estimate of drug-likeness (QED) is 0.872. The summed E-state index contributed by atoms with van der Waals surface area (Å²) in [4.78, 5) is 15.6. The molecule has 1 N–H and O–H groups in total. The molecule has 1 aliphatic carbocycles. The third-order valence-corrected chi connectivity index (χ3v) is 6.18. The Morgan fingerprint density at radius 2 is 2.00 bits per heavy atom. The molecular formula is C20H29ClN2O. The van der Waals surface area contributed by atoms with E-state index >= 15 is 0 Å². The average molecular weight is 349 g/mol. The second-order valence-corrected chi connectivity index (χ2v) is 7.86. The fourth-order valence-electron chi connectivity index (χ4n) is 4.47. The van der Waals surface area contributed by atoms with E-state index in [1.54, 1.807) is 0 Å². The minimum atomic E-state index is -0.331. The number of nitrogens with one attached hydrogen (secondary N) is 1. The van der Waals surface area contributed by atoms with Crippen LogP contribution in [-0.2, 0) is 10.2 Å². The Hall–Kier alpha value is -1.06. The standard InChI is InChI=1S/C20H29ClN2O/c1-22-12-7-16-8-13-23(14-9-16)19(24)20(10-2-3-11-20)17-5-4-6-18(21)15-17/h4-6,15-16,22H,2-3,7-14H2,1H3. The first kappa shape index (κ1) is 17.8. The van der Waals surface area contributed by atoms with Gasteiger partial charge in [0.15, 0.2) is 0 Å². The van der Waals surface area contributed by atoms with Crippen molar-refractivity contribution in [2.24, 2.45) is 5.92 Å². The molecule has 3 nitrogen and oxygen atoms in total. The van der Waals surface area contributed by atoms with Crippen LogP contribution in [0.25, 0.3) is 0 Å². The van der Waals surface area contributed by atoms with Gasteiger partial charge in [0.2, 0.25) is 5.91 Å². The molecule has 3 rings (SSSR count). The number of amides is 1. The zero-order chi connectivity index (χ0) is 17.0. The van der Waals surface area contributed by atoms with E-state index in [2.05, 4.69) is 16.3 Å². The first-order valence-corrected chi connectivity index (χ1v) is 9.73. The van der Waals surface area contributed by atoms with Gasteiger partial charge in [0.25, 0.3) is 0 Å². The second kappa shape index (κ2) is 7.88. The maximum Gasteiger partial charge on any atom is 0.233 e. The fraction of sp³-hybridized carbons (Fsp3) is 0.650. The number of carbonyl (C=O) groups is 1. The van der Waals surface area contributed by atoms with Crippen molar-refractivity contribution in [3.63, 3.8) is 0 Å². The Morgan fingerprint density at radius 3 is 2.62 bits per heavy atom. The van der Waals surface area contributed by atoms with Crippen LogP contribution in [0.4, 0.5) is 0 Å². The van der Waals surface area contributed by atoms with Crippen LogP contribution in [0.2, 0.25) is 5.02 Å². The van der Waals surface area contributed by atoms with E-state index in [1.165, 1.54) is 6.42 Å². The van der Waals surface area contributed by atoms with E-state index in [9.17, 15) is 4.79 Å². The van der Waals surface area contributed by atoms with Gasteiger partial charge in [-0.25, -0.2) is 0 Å². The summed E-state index contributed by atoms with van der Waals surface area (Å²) in [5.41, 5.74) is 0.790. The molecule has 1 aliphatic heterocycles. The fourth-order valence-corrected chi connectivity index (χ4v) is 4.66. The maximum absolute atomic E-state index is 13.4. The van der Waals surface area contributed by atoms with Crippen molar-refractivity contribution in [2.75, 3.05) is 26.7 Å². The summed E-state index contributed by atoms with van der Waals surface area (Å²) < 4.78 is 0. The van der Waals surface area contributed by atoms with Crippen LogP contribution in [0, 0.1) is 5.92 Å². The largest absolute Gasteiger partial charge is 0.342 e. The average Bonchev–Trinajstić information content (AvgIpc) is 3.11. The molecule has 0 atom stereocenters. The Balaban J connectivity index is 1.72. The number of hydrogen-bond donors (Lipinski definition) is 1. The van der Waals surface area contributed by atoms with Crippen LogP contribution in [0.1, 0.15) is 50.5 Å². The van der Waals surface area contributed by atoms with E-state index < -0.39 is 0 Å². The third kappa shape index (κ3) is 3.62. The normalized spacial score (nSPS) is 21.2. The molecule has 2 aliphatic rings. The third-order valence-electron chi connectivity index (χ3n) is 5.95. The second-order valence-electron chi connectivity index (χ2n) is 7.43. The lowest BCUT2D eigenvalue weighted by atomic mass is 9.77. The summed E-state index contributed by atoms with van der Waals surface area (Å²) in [5.74, 6) is 1.10. The van der Waals surface area contributed by atoms with Crippen LogP contribution in [-0.4, -0.2) is 37.5 Å². The van der Waals surface area contributed by atoms with Gasteiger partial charge >= 0.3 is 0 Å². The SMILES string of the molecule is CNCCC1CCN(C(=O)C2(c3cccc(Cl)c3)CCCC2)CC1. The van der Waals surface area contributed by atoms with Crippen molar-refractivity contribution in [1.82, 2.24) is 10.2 Å². The van der Waals surface area contributed by atoms with E-state index in [4.69, 9.17) is 11.6 Å². The molecule has 1 saturated heterocycles. The van der Waals surface area contributed by atoms with E-state index in [-0.39, 0.29) is 5.41 Å². The Kier molecular flexibility index (Phi) is 5.83. The smallest absolute Gasteiger partial charge is 0.233 e. The first-order chi connectivity index (χ1) is 11.7. The summed E-state index contributed by atoms with van der Waals surface area (Å²) >= 11 is 6.21. The minimum absolute atomic E-state index is 0.331. The summed E-state index contributed by atoms with van der Waals surface area (Å²) in [5, 5.41) is 3.97. The number of nitrogens with zero attached hydrogens (tertiary/aromatic N) is 1. The van der Waals surface area contributed by atoms with Gasteiger partial charge in [0.1, 0.15) is 0 Å². The number of likely N-dealkylation sites (tertiary alicyclic amines) is 1. The predicted octanol–water partition coefficient (Wildman–Crippen LogP) is 4.00. The van der Waals surface area contributed by atoms with Gasteiger partial charge < -0.3 is 10.2 Å². The van der Waals surface area contributed by atoms with Gasteiger partial charge in [-0.3, -0.25) is 4.79 Å². The highest BCUT2D eigenvalue weighted by Gasteiger charge is 2.45. The van der Waals surface area contributed by atoms with Crippen LogP contribution < -0.4 is 5.32 Å². The van der Waals surface area contributed by atoms with Crippen LogP contribution >= 0.6 is 11.6 Å². The summed E-state index contributed by atoms with van der Waals surface area (Å²) in [6, 6.07) is 7.97. The van der Waals surface area contributed by atoms with Crippen LogP contribution in [0.3, 0.4) is 0 Å².